The molecule has 0 radical (unpaired) electrons. The normalized spacial score (nSPS) is 23.6. The Morgan fingerprint density at radius 1 is 1.03 bits per heavy atom. The maximum absolute atomic E-state index is 13.2. The SMILES string of the molecule is COc1ccc(-c2oc3cc(O)cc(O)c3c(=O)c2O[C@@H]2OC[C@H](O)[C@H](O)[C@@H]2O)cc1. The molecule has 0 amide bonds. The number of ether oxygens (including phenoxy) is 3. The molecule has 31 heavy (non-hydrogen) atoms. The van der Waals surface area contributed by atoms with Gasteiger partial charge in [0.25, 0.3) is 0 Å². The first-order valence-electron chi connectivity index (χ1n) is 9.30. The summed E-state index contributed by atoms with van der Waals surface area (Å²) < 4.78 is 21.7. The molecular weight excluding hydrogens is 412 g/mol. The Kier molecular flexibility index (Phi) is 5.46. The van der Waals surface area contributed by atoms with Crippen LogP contribution in [0.3, 0.4) is 0 Å². The van der Waals surface area contributed by atoms with E-state index in [9.17, 15) is 30.3 Å². The van der Waals surface area contributed by atoms with Gasteiger partial charge in [-0.15, -0.1) is 0 Å². The lowest BCUT2D eigenvalue weighted by molar-refractivity contribution is -0.242. The Bertz CT molecular complexity index is 1150. The molecule has 0 saturated carbocycles. The molecule has 0 spiro atoms. The van der Waals surface area contributed by atoms with E-state index in [1.165, 1.54) is 13.2 Å². The van der Waals surface area contributed by atoms with Gasteiger partial charge in [-0.1, -0.05) is 0 Å². The molecule has 5 N–H and O–H groups in total. The summed E-state index contributed by atoms with van der Waals surface area (Å²) in [5.41, 5.74) is -0.495. The predicted octanol–water partition coefficient (Wildman–Crippen LogP) is 0.698. The van der Waals surface area contributed by atoms with E-state index in [1.54, 1.807) is 24.3 Å². The number of hydrogen-bond acceptors (Lipinski definition) is 10. The standard InChI is InChI=1S/C21H20O10/c1-28-11-4-2-9(3-5-11)19-20(31-21-18(27)16(25)13(24)8-29-21)17(26)15-12(23)6-10(22)7-14(15)30-19/h2-7,13,16,18,21-25,27H,8H2,1H3/t13-,16-,18-,21-/m0/s1. The fourth-order valence-corrected chi connectivity index (χ4v) is 3.31. The number of benzene rings is 2. The number of aliphatic hydroxyl groups excluding tert-OH is 3. The van der Waals surface area contributed by atoms with E-state index in [4.69, 9.17) is 18.6 Å². The third-order valence-electron chi connectivity index (χ3n) is 4.96. The highest BCUT2D eigenvalue weighted by molar-refractivity contribution is 5.88. The van der Waals surface area contributed by atoms with E-state index in [0.717, 1.165) is 6.07 Å². The minimum atomic E-state index is -1.66. The first-order valence-corrected chi connectivity index (χ1v) is 9.30. The number of phenols is 2. The number of phenolic OH excluding ortho intramolecular Hbond substituents is 2. The van der Waals surface area contributed by atoms with Crippen LogP contribution in [0.2, 0.25) is 0 Å². The average molecular weight is 432 g/mol. The van der Waals surface area contributed by atoms with Crippen LogP contribution in [-0.4, -0.2) is 63.9 Å². The monoisotopic (exact) mass is 432 g/mol. The zero-order valence-electron chi connectivity index (χ0n) is 16.3. The number of aromatic hydroxyl groups is 2. The van der Waals surface area contributed by atoms with Crippen molar-refractivity contribution in [3.63, 3.8) is 0 Å². The van der Waals surface area contributed by atoms with Crippen LogP contribution in [0, 0.1) is 0 Å². The largest absolute Gasteiger partial charge is 0.508 e. The summed E-state index contributed by atoms with van der Waals surface area (Å²) in [4.78, 5) is 13.2. The minimum Gasteiger partial charge on any atom is -0.508 e. The summed E-state index contributed by atoms with van der Waals surface area (Å²) in [5.74, 6) is -0.762. The van der Waals surface area contributed by atoms with E-state index in [-0.39, 0.29) is 29.1 Å². The fourth-order valence-electron chi connectivity index (χ4n) is 3.31. The van der Waals surface area contributed by atoms with Crippen molar-refractivity contribution in [2.45, 2.75) is 24.6 Å². The quantitative estimate of drug-likeness (QED) is 0.397. The first-order chi connectivity index (χ1) is 14.8. The van der Waals surface area contributed by atoms with Gasteiger partial charge in [-0.05, 0) is 24.3 Å². The van der Waals surface area contributed by atoms with Crippen LogP contribution < -0.4 is 14.9 Å². The van der Waals surface area contributed by atoms with Gasteiger partial charge in [-0.25, -0.2) is 0 Å². The molecule has 164 valence electrons. The van der Waals surface area contributed by atoms with Crippen molar-refractivity contribution in [1.29, 1.82) is 0 Å². The smallest absolute Gasteiger partial charge is 0.239 e. The molecule has 3 aromatic rings. The molecule has 2 aromatic carbocycles. The second-order valence-corrected chi connectivity index (χ2v) is 7.02. The topological polar surface area (TPSA) is 159 Å². The zero-order valence-corrected chi connectivity index (χ0v) is 16.3. The molecule has 2 heterocycles. The molecule has 0 unspecified atom stereocenters. The summed E-state index contributed by atoms with van der Waals surface area (Å²) in [7, 11) is 1.49. The average Bonchev–Trinajstić information content (AvgIpc) is 2.75. The van der Waals surface area contributed by atoms with Gasteiger partial charge in [0.05, 0.1) is 13.7 Å². The fraction of sp³-hybridized carbons (Fsp3) is 0.286. The lowest BCUT2D eigenvalue weighted by Crippen LogP contribution is -2.55. The molecule has 1 aliphatic heterocycles. The highest BCUT2D eigenvalue weighted by Crippen LogP contribution is 2.37. The van der Waals surface area contributed by atoms with E-state index >= 15 is 0 Å². The van der Waals surface area contributed by atoms with Gasteiger partial charge in [0.2, 0.25) is 17.5 Å². The third kappa shape index (κ3) is 3.77. The number of rotatable bonds is 4. The highest BCUT2D eigenvalue weighted by atomic mass is 16.7. The van der Waals surface area contributed by atoms with Crippen LogP contribution in [0.5, 0.6) is 23.0 Å². The number of fused-ring (bicyclic) bond motifs is 1. The lowest BCUT2D eigenvalue weighted by atomic mass is 10.1. The van der Waals surface area contributed by atoms with Crippen LogP contribution in [0.1, 0.15) is 0 Å². The van der Waals surface area contributed by atoms with E-state index in [2.05, 4.69) is 0 Å². The maximum Gasteiger partial charge on any atom is 0.239 e. The molecule has 1 aromatic heterocycles. The molecule has 1 saturated heterocycles. The first kappa shape index (κ1) is 20.9. The summed E-state index contributed by atoms with van der Waals surface area (Å²) in [6, 6.07) is 8.57. The number of methoxy groups -OCH3 is 1. The van der Waals surface area contributed by atoms with Crippen LogP contribution in [0.15, 0.2) is 45.6 Å². The lowest BCUT2D eigenvalue weighted by Gasteiger charge is -2.34. The molecule has 1 fully saturated rings. The third-order valence-corrected chi connectivity index (χ3v) is 4.96. The van der Waals surface area contributed by atoms with Gasteiger partial charge in [-0.2, -0.15) is 0 Å². The Hall–Kier alpha value is -3.31. The summed E-state index contributed by atoms with van der Waals surface area (Å²) in [5, 5.41) is 49.4. The van der Waals surface area contributed by atoms with Crippen molar-refractivity contribution < 1.29 is 44.2 Å². The Labute approximate surface area is 175 Å². The molecule has 4 rings (SSSR count). The van der Waals surface area contributed by atoms with Crippen LogP contribution >= 0.6 is 0 Å². The van der Waals surface area contributed by atoms with Gasteiger partial charge < -0.3 is 44.2 Å². The molecule has 4 atom stereocenters. The summed E-state index contributed by atoms with van der Waals surface area (Å²) in [6.07, 6.45) is -6.03. The second-order valence-electron chi connectivity index (χ2n) is 7.02. The molecule has 10 heteroatoms. The van der Waals surface area contributed by atoms with E-state index in [0.29, 0.717) is 11.3 Å². The van der Waals surface area contributed by atoms with Gasteiger partial charge in [0.15, 0.2) is 5.76 Å². The Morgan fingerprint density at radius 2 is 1.74 bits per heavy atom. The molecule has 0 aliphatic carbocycles. The zero-order chi connectivity index (χ0) is 22.3. The van der Waals surface area contributed by atoms with Crippen molar-refractivity contribution in [3.05, 3.63) is 46.6 Å². The maximum atomic E-state index is 13.2. The van der Waals surface area contributed by atoms with E-state index in [1.807, 2.05) is 0 Å². The summed E-state index contributed by atoms with van der Waals surface area (Å²) in [6.45, 7) is -0.335. The highest BCUT2D eigenvalue weighted by Gasteiger charge is 2.40. The van der Waals surface area contributed by atoms with Crippen molar-refractivity contribution in [2.24, 2.45) is 0 Å². The molecular formula is C21H20O10. The minimum absolute atomic E-state index is 0.0680. The van der Waals surface area contributed by atoms with Crippen molar-refractivity contribution >= 4 is 11.0 Å². The van der Waals surface area contributed by atoms with Gasteiger partial charge in [-0.3, -0.25) is 4.79 Å². The Morgan fingerprint density at radius 3 is 2.42 bits per heavy atom. The van der Waals surface area contributed by atoms with Crippen LogP contribution in [0.25, 0.3) is 22.3 Å². The van der Waals surface area contributed by atoms with Gasteiger partial charge >= 0.3 is 0 Å². The molecule has 1 aliphatic rings. The van der Waals surface area contributed by atoms with Crippen molar-refractivity contribution in [3.8, 4) is 34.3 Å². The predicted molar refractivity (Wildman–Crippen MR) is 106 cm³/mol. The van der Waals surface area contributed by atoms with E-state index < -0.39 is 41.5 Å². The molecule has 0 bridgehead atoms. The van der Waals surface area contributed by atoms with Crippen LogP contribution in [-0.2, 0) is 4.74 Å². The van der Waals surface area contributed by atoms with Crippen molar-refractivity contribution in [2.75, 3.05) is 13.7 Å². The second kappa shape index (κ2) is 8.08. The molecule has 10 nitrogen and oxygen atoms in total. The van der Waals surface area contributed by atoms with Gasteiger partial charge in [0.1, 0.15) is 46.5 Å². The van der Waals surface area contributed by atoms with Gasteiger partial charge in [0, 0.05) is 17.7 Å². The number of aliphatic hydroxyl groups is 3. The number of hydrogen-bond donors (Lipinski definition) is 5. The van der Waals surface area contributed by atoms with Crippen LogP contribution in [0.4, 0.5) is 0 Å². The Balaban J connectivity index is 1.88. The van der Waals surface area contributed by atoms with Crippen molar-refractivity contribution in [1.82, 2.24) is 0 Å². The summed E-state index contributed by atoms with van der Waals surface area (Å²) >= 11 is 0.